The van der Waals surface area contributed by atoms with E-state index in [1.54, 1.807) is 20.8 Å². The van der Waals surface area contributed by atoms with Gasteiger partial charge in [0.1, 0.15) is 0 Å². The van der Waals surface area contributed by atoms with Crippen molar-refractivity contribution in [1.29, 1.82) is 0 Å². The van der Waals surface area contributed by atoms with Crippen molar-refractivity contribution >= 4 is 19.7 Å². The van der Waals surface area contributed by atoms with E-state index in [4.69, 9.17) is 0 Å². The second kappa shape index (κ2) is 3.09. The van der Waals surface area contributed by atoms with Crippen molar-refractivity contribution in [3.05, 3.63) is 0 Å². The fourth-order valence-corrected chi connectivity index (χ4v) is 3.63. The molecule has 0 aliphatic rings. The summed E-state index contributed by atoms with van der Waals surface area (Å²) in [5.74, 6) is 0. The zero-order valence-electron chi connectivity index (χ0n) is 6.22. The maximum absolute atomic E-state index is 11.7. The molecule has 0 atom stereocenters. The van der Waals surface area contributed by atoms with Crippen LogP contribution in [0.3, 0.4) is 0 Å². The molecule has 0 aromatic heterocycles. The average molecular weight is 186 g/mol. The molecule has 62 valence electrons. The summed E-state index contributed by atoms with van der Waals surface area (Å²) in [7, 11) is -2.87. The van der Waals surface area contributed by atoms with Crippen molar-refractivity contribution < 1.29 is 12.8 Å². The van der Waals surface area contributed by atoms with Gasteiger partial charge in [0.25, 0.3) is 0 Å². The third-order valence-corrected chi connectivity index (χ3v) is 4.06. The number of alkyl halides is 1. The molecule has 0 heterocycles. The van der Waals surface area contributed by atoms with Crippen LogP contribution in [0.4, 0.5) is 4.39 Å². The Bertz CT molecular complexity index is 190. The van der Waals surface area contributed by atoms with Gasteiger partial charge in [-0.05, 0) is 31.6 Å². The Morgan fingerprint density at radius 1 is 1.40 bits per heavy atom. The smallest absolute Gasteiger partial charge is 0.231 e. The summed E-state index contributed by atoms with van der Waals surface area (Å²) in [6.45, 7) is 5.18. The van der Waals surface area contributed by atoms with Crippen molar-refractivity contribution in [2.75, 3.05) is 6.01 Å². The number of rotatable bonds is 2. The first-order chi connectivity index (χ1) is 4.27. The molecule has 0 aliphatic carbocycles. The Hall–Kier alpha value is 0.230. The molecule has 0 saturated heterocycles. The SMILES string of the molecule is CC(C)(C)SS(=O)(=O)CF. The zero-order chi connectivity index (χ0) is 8.41. The van der Waals surface area contributed by atoms with Gasteiger partial charge in [-0.1, -0.05) is 0 Å². The maximum atomic E-state index is 11.7. The molecule has 10 heavy (non-hydrogen) atoms. The Labute approximate surface area is 64.5 Å². The van der Waals surface area contributed by atoms with Gasteiger partial charge in [0, 0.05) is 4.75 Å². The van der Waals surface area contributed by atoms with E-state index >= 15 is 0 Å². The van der Waals surface area contributed by atoms with Gasteiger partial charge in [-0.15, -0.1) is 0 Å². The predicted octanol–water partition coefficient (Wildman–Crippen LogP) is 1.77. The Kier molecular flexibility index (Phi) is 3.16. The van der Waals surface area contributed by atoms with Crippen molar-refractivity contribution in [2.24, 2.45) is 0 Å². The first-order valence-electron chi connectivity index (χ1n) is 2.76. The molecule has 0 fully saturated rings. The van der Waals surface area contributed by atoms with E-state index in [-0.39, 0.29) is 0 Å². The summed E-state index contributed by atoms with van der Waals surface area (Å²) >= 11 is 0. The summed E-state index contributed by atoms with van der Waals surface area (Å²) in [5.41, 5.74) is 0. The molecular formula is C5H11FO2S2. The first-order valence-corrected chi connectivity index (χ1v) is 5.75. The normalized spacial score (nSPS) is 13.6. The zero-order valence-corrected chi connectivity index (χ0v) is 7.85. The van der Waals surface area contributed by atoms with Gasteiger partial charge in [-0.25, -0.2) is 12.8 Å². The van der Waals surface area contributed by atoms with Crippen LogP contribution in [-0.4, -0.2) is 19.2 Å². The molecule has 0 bridgehead atoms. The van der Waals surface area contributed by atoms with Gasteiger partial charge in [-0.2, -0.15) is 0 Å². The van der Waals surface area contributed by atoms with Crippen LogP contribution in [0.5, 0.6) is 0 Å². The second-order valence-corrected chi connectivity index (χ2v) is 7.61. The number of hydrogen-bond acceptors (Lipinski definition) is 3. The van der Waals surface area contributed by atoms with Crippen LogP contribution in [-0.2, 0) is 8.87 Å². The standard InChI is InChI=1S/C5H11FO2S2/c1-5(2,3)9-10(7,8)4-6/h4H2,1-3H3. The van der Waals surface area contributed by atoms with E-state index < -0.39 is 19.6 Å². The monoisotopic (exact) mass is 186 g/mol. The van der Waals surface area contributed by atoms with Crippen LogP contribution in [0.2, 0.25) is 0 Å². The van der Waals surface area contributed by atoms with Gasteiger partial charge in [-0.3, -0.25) is 0 Å². The van der Waals surface area contributed by atoms with Gasteiger partial charge in [0.15, 0.2) is 0 Å². The lowest BCUT2D eigenvalue weighted by Gasteiger charge is -2.14. The molecule has 0 aromatic carbocycles. The first kappa shape index (κ1) is 10.2. The lowest BCUT2D eigenvalue weighted by molar-refractivity contribution is 0.546. The fourth-order valence-electron chi connectivity index (χ4n) is 0.403. The highest BCUT2D eigenvalue weighted by Crippen LogP contribution is 2.29. The minimum absolute atomic E-state index is 0.426. The average Bonchev–Trinajstić information content (AvgIpc) is 1.60. The highest BCUT2D eigenvalue weighted by molar-refractivity contribution is 8.72. The molecular weight excluding hydrogens is 175 g/mol. The fraction of sp³-hybridized carbons (Fsp3) is 1.00. The summed E-state index contributed by atoms with van der Waals surface area (Å²) < 4.78 is 32.5. The molecule has 0 N–H and O–H groups in total. The minimum Gasteiger partial charge on any atom is -0.233 e. The Balaban J connectivity index is 4.18. The van der Waals surface area contributed by atoms with Gasteiger partial charge in [0.2, 0.25) is 14.9 Å². The van der Waals surface area contributed by atoms with Crippen molar-refractivity contribution in [2.45, 2.75) is 25.5 Å². The summed E-state index contributed by atoms with van der Waals surface area (Å²) in [4.78, 5) is 0. The lowest BCUT2D eigenvalue weighted by Crippen LogP contribution is -2.12. The summed E-state index contributed by atoms with van der Waals surface area (Å²) in [5, 5.41) is 0. The van der Waals surface area contributed by atoms with Crippen LogP contribution in [0.1, 0.15) is 20.8 Å². The van der Waals surface area contributed by atoms with E-state index in [2.05, 4.69) is 0 Å². The second-order valence-electron chi connectivity index (χ2n) is 2.86. The van der Waals surface area contributed by atoms with E-state index in [1.807, 2.05) is 0 Å². The van der Waals surface area contributed by atoms with Crippen LogP contribution in [0.25, 0.3) is 0 Å². The highest BCUT2D eigenvalue weighted by atomic mass is 33.1. The summed E-state index contributed by atoms with van der Waals surface area (Å²) in [6, 6.07) is -1.28. The maximum Gasteiger partial charge on any atom is 0.231 e. The molecule has 2 nitrogen and oxygen atoms in total. The van der Waals surface area contributed by atoms with Crippen LogP contribution in [0, 0.1) is 0 Å². The molecule has 0 amide bonds. The Morgan fingerprint density at radius 2 is 1.80 bits per heavy atom. The van der Waals surface area contributed by atoms with Crippen molar-refractivity contribution in [3.8, 4) is 0 Å². The molecule has 0 radical (unpaired) electrons. The molecule has 0 spiro atoms. The molecule has 0 aliphatic heterocycles. The van der Waals surface area contributed by atoms with E-state index in [1.165, 1.54) is 0 Å². The highest BCUT2D eigenvalue weighted by Gasteiger charge is 2.21. The summed E-state index contributed by atoms with van der Waals surface area (Å²) in [6.07, 6.45) is 0. The largest absolute Gasteiger partial charge is 0.233 e. The number of hydrogen-bond donors (Lipinski definition) is 0. The van der Waals surface area contributed by atoms with Crippen LogP contribution >= 0.6 is 10.8 Å². The Morgan fingerprint density at radius 3 is 1.90 bits per heavy atom. The van der Waals surface area contributed by atoms with E-state index in [0.29, 0.717) is 10.8 Å². The van der Waals surface area contributed by atoms with E-state index in [0.717, 1.165) is 0 Å². The van der Waals surface area contributed by atoms with Gasteiger partial charge in [0.05, 0.1) is 0 Å². The molecule has 5 heteroatoms. The lowest BCUT2D eigenvalue weighted by atomic mass is 10.3. The predicted molar refractivity (Wildman–Crippen MR) is 42.2 cm³/mol. The molecule has 0 aromatic rings. The molecule has 0 rings (SSSR count). The van der Waals surface area contributed by atoms with Crippen LogP contribution in [0.15, 0.2) is 0 Å². The molecule has 0 saturated carbocycles. The van der Waals surface area contributed by atoms with Crippen molar-refractivity contribution in [1.82, 2.24) is 0 Å². The van der Waals surface area contributed by atoms with Crippen LogP contribution < -0.4 is 0 Å². The third-order valence-electron chi connectivity index (χ3n) is 0.511. The quantitative estimate of drug-likeness (QED) is 0.616. The number of halogens is 1. The topological polar surface area (TPSA) is 34.1 Å². The van der Waals surface area contributed by atoms with Crippen molar-refractivity contribution in [3.63, 3.8) is 0 Å². The molecule has 0 unspecified atom stereocenters. The third kappa shape index (κ3) is 5.05. The van der Waals surface area contributed by atoms with E-state index in [9.17, 15) is 12.8 Å². The van der Waals surface area contributed by atoms with Gasteiger partial charge >= 0.3 is 0 Å². The van der Waals surface area contributed by atoms with Gasteiger partial charge < -0.3 is 0 Å². The minimum atomic E-state index is -3.53.